The number of nitrogens with zero attached hydrogens (tertiary/aromatic N) is 1. The Hall–Kier alpha value is -4.72. The van der Waals surface area contributed by atoms with E-state index in [1.165, 1.54) is 72.9 Å². The molecule has 0 aromatic heterocycles. The lowest BCUT2D eigenvalue weighted by Gasteiger charge is -2.24. The van der Waals surface area contributed by atoms with Crippen molar-refractivity contribution in [2.45, 2.75) is 196 Å². The van der Waals surface area contributed by atoms with E-state index in [-0.39, 0.29) is 42.2 Å². The Morgan fingerprint density at radius 1 is 0.500 bits per heavy atom. The lowest BCUT2D eigenvalue weighted by Crippen LogP contribution is -2.33. The second-order valence-corrected chi connectivity index (χ2v) is 13.4. The number of aliphatic hydroxyl groups is 1. The summed E-state index contributed by atoms with van der Waals surface area (Å²) >= 11 is 0. The van der Waals surface area contributed by atoms with Gasteiger partial charge in [0, 0.05) is 32.7 Å². The first kappa shape index (κ1) is 164. The predicted molar refractivity (Wildman–Crippen MR) is 349 cm³/mol. The Labute approximate surface area is 485 Å². The molecule has 1 heterocycles. The van der Waals surface area contributed by atoms with E-state index in [0.29, 0.717) is 0 Å². The number of piperidine rings is 1. The van der Waals surface area contributed by atoms with Crippen LogP contribution in [-0.4, -0.2) is 144 Å². The SMILES string of the molecule is C=O.C=O.C=O.C=O.C=O.C=O.C=O.C=O.C=O.CC.CC.CC(=O)N1CCCCC1.CC(C)C.CC(C)O.CCC(C)C.CCC(C)C.CCOC(C)(C)C.CCc1ccccc1.CN.CN.CN.CN.CN.N.N.N.N. The normalized spacial score (nSPS) is 7.46. The molecule has 1 aliphatic heterocycles. The zero-order chi connectivity index (χ0) is 66.1. The van der Waals surface area contributed by atoms with Crippen LogP contribution in [0.5, 0.6) is 0 Å². The number of nitrogens with two attached hydrogens (primary N) is 5. The standard InChI is InChI=1S/C8H10.C7H13NO.C6H14O.2C5H12.C4H10.C3H8O.2C2H6.5CH5N.9CH2O.4H3N/c1-2-8-6-4-3-5-7-8;1-7(9)8-5-3-2-4-6-8;1-5-7-6(2,3)4;2*1-4-5(2)3;1-4(2)3;1-3(2)4;16*1-2;;;;/h3-7H,2H2,1H3;2-6H2,1H3;5H2,1-4H3;2*5H,4H2,1-3H3;4H,1-3H3;3-4H,1-2H3;2*1-2H3;5*2H2,1H3;9*1H2;4*1H3. The van der Waals surface area contributed by atoms with Gasteiger partial charge >= 0.3 is 0 Å². The molecule has 1 fully saturated rings. The average molecular weight is 1150 g/mol. The lowest BCUT2D eigenvalue weighted by molar-refractivity contribution is -0.129. The third-order valence-corrected chi connectivity index (χ3v) is 5.26. The van der Waals surface area contributed by atoms with Gasteiger partial charge in [-0.3, -0.25) is 4.79 Å². The zero-order valence-corrected chi connectivity index (χ0v) is 56.5. The first-order chi connectivity index (χ1) is 35.3. The fourth-order valence-corrected chi connectivity index (χ4v) is 2.36. The maximum atomic E-state index is 10.7. The van der Waals surface area contributed by atoms with Crippen molar-refractivity contribution >= 4 is 67.0 Å². The fraction of sp³-hybridized carbons (Fsp3) is 0.714. The van der Waals surface area contributed by atoms with Gasteiger partial charge in [0.1, 0.15) is 61.1 Å². The molecule has 78 heavy (non-hydrogen) atoms. The molecule has 1 saturated heterocycles. The van der Waals surface area contributed by atoms with E-state index in [1.807, 2.05) is 107 Å². The molecule has 0 aliphatic carbocycles. The number of hydrogen-bond acceptors (Lipinski definition) is 21. The summed E-state index contributed by atoms with van der Waals surface area (Å²) in [6.45, 7) is 64.0. The Morgan fingerprint density at radius 2 is 0.679 bits per heavy atom. The molecule has 1 amide bonds. The molecule has 0 spiro atoms. The van der Waals surface area contributed by atoms with Crippen LogP contribution in [0.2, 0.25) is 0 Å². The molecular weight excluding hydrogens is 1000 g/mol. The molecule has 1 aromatic rings. The minimum Gasteiger partial charge on any atom is -0.394 e. The van der Waals surface area contributed by atoms with Gasteiger partial charge in [-0.2, -0.15) is 0 Å². The largest absolute Gasteiger partial charge is 0.394 e. The maximum absolute atomic E-state index is 10.7. The van der Waals surface area contributed by atoms with E-state index in [9.17, 15) is 4.79 Å². The Balaban J connectivity index is -0.0000000168. The molecule has 1 aromatic carbocycles. The summed E-state index contributed by atoms with van der Waals surface area (Å²) in [7, 11) is 7.50. The van der Waals surface area contributed by atoms with Gasteiger partial charge in [-0.25, -0.2) is 0 Å². The van der Waals surface area contributed by atoms with Crippen LogP contribution in [0.3, 0.4) is 0 Å². The third-order valence-electron chi connectivity index (χ3n) is 5.26. The smallest absolute Gasteiger partial charge is 0.219 e. The van der Waals surface area contributed by atoms with E-state index in [4.69, 9.17) is 53.0 Å². The van der Waals surface area contributed by atoms with Crippen LogP contribution in [0.15, 0.2) is 30.3 Å². The van der Waals surface area contributed by atoms with Gasteiger partial charge in [-0.15, -0.1) is 0 Å². The van der Waals surface area contributed by atoms with Crippen molar-refractivity contribution in [1.29, 1.82) is 0 Å². The van der Waals surface area contributed by atoms with E-state index < -0.39 is 0 Å². The number of likely N-dealkylation sites (tertiary alicyclic amines) is 1. The number of benzene rings is 1. The van der Waals surface area contributed by atoms with Crippen molar-refractivity contribution in [2.24, 2.45) is 46.4 Å². The molecule has 0 saturated carbocycles. The van der Waals surface area contributed by atoms with Gasteiger partial charge in [-0.05, 0) is 126 Å². The van der Waals surface area contributed by atoms with E-state index in [0.717, 1.165) is 43.9 Å². The summed E-state index contributed by atoms with van der Waals surface area (Å²) in [6, 6.07) is 10.5. The summed E-state index contributed by atoms with van der Waals surface area (Å²) in [5, 5.41) is 8.06. The molecule has 23 N–H and O–H groups in total. The van der Waals surface area contributed by atoms with Gasteiger partial charge in [-0.1, -0.05) is 140 Å². The number of amides is 1. The maximum Gasteiger partial charge on any atom is 0.219 e. The van der Waals surface area contributed by atoms with Crippen molar-refractivity contribution in [3.63, 3.8) is 0 Å². The molecule has 22 heteroatoms. The number of ether oxygens (including phenoxy) is 1. The predicted octanol–water partition coefficient (Wildman–Crippen LogP) is 10.2. The number of rotatable bonds is 4. The summed E-state index contributed by atoms with van der Waals surface area (Å²) in [5.41, 5.74) is 24.0. The third kappa shape index (κ3) is 551. The summed E-state index contributed by atoms with van der Waals surface area (Å²) in [5.74, 6) is 2.83. The van der Waals surface area contributed by atoms with E-state index in [2.05, 4.69) is 143 Å². The number of aliphatic hydroxyl groups excluding tert-OH is 1. The highest BCUT2D eigenvalue weighted by molar-refractivity contribution is 5.73. The van der Waals surface area contributed by atoms with Crippen molar-refractivity contribution in [1.82, 2.24) is 29.5 Å². The molecule has 22 nitrogen and oxygen atoms in total. The van der Waals surface area contributed by atoms with Gasteiger partial charge in [0.05, 0.1) is 5.60 Å². The van der Waals surface area contributed by atoms with Crippen molar-refractivity contribution in [2.75, 3.05) is 54.9 Å². The topological polar surface area (TPSA) is 473 Å². The van der Waals surface area contributed by atoms with Gasteiger partial charge in [0.15, 0.2) is 0 Å². The van der Waals surface area contributed by atoms with Crippen LogP contribution in [0.4, 0.5) is 0 Å². The monoisotopic (exact) mass is 1150 g/mol. The average Bonchev–Trinajstić information content (AvgIpc) is 3.48. The lowest BCUT2D eigenvalue weighted by atomic mass is 10.1. The minimum absolute atomic E-state index is 0. The Kier molecular flexibility index (Phi) is 556. The molecular formula is C56H146N10O12. The quantitative estimate of drug-likeness (QED) is 0.134. The zero-order valence-electron chi connectivity index (χ0n) is 56.5. The van der Waals surface area contributed by atoms with E-state index >= 15 is 0 Å². The molecule has 0 radical (unpaired) electrons. The van der Waals surface area contributed by atoms with Crippen LogP contribution in [-0.2, 0) is 59.1 Å². The van der Waals surface area contributed by atoms with Crippen LogP contribution in [0.25, 0.3) is 0 Å². The second-order valence-electron chi connectivity index (χ2n) is 13.4. The number of carbonyl (C=O) groups is 10. The highest BCUT2D eigenvalue weighted by Gasteiger charge is 2.11. The first-order valence-corrected chi connectivity index (χ1v) is 24.4. The summed E-state index contributed by atoms with van der Waals surface area (Å²) in [4.78, 5) is 84.6. The van der Waals surface area contributed by atoms with Crippen molar-refractivity contribution < 1.29 is 57.8 Å². The second kappa shape index (κ2) is 264. The number of carbonyl (C=O) groups excluding carboxylic acids is 10. The van der Waals surface area contributed by atoms with Gasteiger partial charge in [0.2, 0.25) is 5.91 Å². The Bertz CT molecular complexity index is 764. The molecule has 0 unspecified atom stereocenters. The molecule has 492 valence electrons. The van der Waals surface area contributed by atoms with Crippen molar-refractivity contribution in [3.8, 4) is 0 Å². The van der Waals surface area contributed by atoms with Crippen LogP contribution in [0, 0.1) is 17.8 Å². The van der Waals surface area contributed by atoms with Gasteiger partial charge < -0.3 is 111 Å². The highest BCUT2D eigenvalue weighted by Crippen LogP contribution is 2.07. The molecule has 0 atom stereocenters. The fourth-order valence-electron chi connectivity index (χ4n) is 2.36. The summed E-state index contributed by atoms with van der Waals surface area (Å²) in [6.07, 6.45) is 7.27. The molecule has 0 bridgehead atoms. The van der Waals surface area contributed by atoms with Crippen LogP contribution in [0.1, 0.15) is 183 Å². The Morgan fingerprint density at radius 3 is 0.756 bits per heavy atom. The van der Waals surface area contributed by atoms with Gasteiger partial charge in [0.25, 0.3) is 0 Å². The molecule has 2 rings (SSSR count). The van der Waals surface area contributed by atoms with E-state index in [1.54, 1.807) is 20.8 Å². The first-order valence-electron chi connectivity index (χ1n) is 24.4. The highest BCUT2D eigenvalue weighted by atomic mass is 16.5. The molecule has 1 aliphatic rings. The van der Waals surface area contributed by atoms with Crippen molar-refractivity contribution in [3.05, 3.63) is 35.9 Å². The number of hydrogen-bond donors (Lipinski definition) is 10. The van der Waals surface area contributed by atoms with Crippen LogP contribution >= 0.6 is 0 Å². The summed E-state index contributed by atoms with van der Waals surface area (Å²) < 4.78 is 5.23. The minimum atomic E-state index is -0.167. The van der Waals surface area contributed by atoms with Crippen LogP contribution < -0.4 is 53.3 Å². The number of aryl methyl sites for hydroxylation is 1.